The average Bonchev–Trinajstić information content (AvgIpc) is 2.59. The van der Waals surface area contributed by atoms with Crippen molar-refractivity contribution >= 4 is 40.0 Å². The second-order valence-electron chi connectivity index (χ2n) is 5.67. The molecule has 3 nitrogen and oxygen atoms in total. The van der Waals surface area contributed by atoms with Gasteiger partial charge in [0.1, 0.15) is 0 Å². The molecule has 0 saturated carbocycles. The van der Waals surface area contributed by atoms with E-state index in [9.17, 15) is 22.8 Å². The van der Waals surface area contributed by atoms with Crippen molar-refractivity contribution in [2.24, 2.45) is 0 Å². The fourth-order valence-electron chi connectivity index (χ4n) is 2.35. The van der Waals surface area contributed by atoms with E-state index in [2.05, 4.69) is 27.4 Å². The normalized spacial score (nSPS) is 11.7. The maximum Gasteiger partial charge on any atom is 0.416 e. The molecule has 0 heterocycles. The van der Waals surface area contributed by atoms with Gasteiger partial charge in [-0.2, -0.15) is 13.2 Å². The van der Waals surface area contributed by atoms with E-state index >= 15 is 0 Å². The number of halogens is 4. The minimum atomic E-state index is -4.43. The Balaban J connectivity index is 2.16. The molecule has 0 aliphatic rings. The summed E-state index contributed by atoms with van der Waals surface area (Å²) in [5, 5.41) is 2.61. The molecule has 26 heavy (non-hydrogen) atoms. The van der Waals surface area contributed by atoms with Crippen molar-refractivity contribution in [1.82, 2.24) is 5.32 Å². The summed E-state index contributed by atoms with van der Waals surface area (Å²) in [4.78, 5) is 24.0. The van der Waals surface area contributed by atoms with Gasteiger partial charge in [0.05, 0.1) is 5.56 Å². The minimum absolute atomic E-state index is 0.0313. The number of rotatable bonds is 6. The number of hydrogen-bond donors (Lipinski definition) is 1. The number of Topliss-reactive ketones (excluding diaryl/α,β-unsaturated/α-hetero) is 1. The third kappa shape index (κ3) is 5.77. The van der Waals surface area contributed by atoms with E-state index in [4.69, 9.17) is 0 Å². The smallest absolute Gasteiger partial charge is 0.348 e. The van der Waals surface area contributed by atoms with Crippen molar-refractivity contribution in [2.45, 2.75) is 25.8 Å². The lowest BCUT2D eigenvalue weighted by molar-refractivity contribution is -0.137. The molecule has 1 unspecified atom stereocenters. The molecule has 0 aromatic heterocycles. The van der Waals surface area contributed by atoms with E-state index < -0.39 is 17.6 Å². The zero-order valence-electron chi connectivity index (χ0n) is 13.8. The molecular weight excluding hydrogens is 477 g/mol. The lowest BCUT2D eigenvalue weighted by Crippen LogP contribution is -2.23. The highest BCUT2D eigenvalue weighted by atomic mass is 127. The predicted octanol–water partition coefficient (Wildman–Crippen LogP) is 5.37. The molecule has 0 spiro atoms. The maximum absolute atomic E-state index is 12.7. The van der Waals surface area contributed by atoms with E-state index in [-0.39, 0.29) is 12.3 Å². The summed E-state index contributed by atoms with van der Waals surface area (Å²) in [6.07, 6.45) is -3.07. The minimum Gasteiger partial charge on any atom is -0.348 e. The summed E-state index contributed by atoms with van der Waals surface area (Å²) in [7, 11) is 0. The predicted molar refractivity (Wildman–Crippen MR) is 105 cm³/mol. The topological polar surface area (TPSA) is 46.2 Å². The Bertz CT molecular complexity index is 824. The van der Waals surface area contributed by atoms with Gasteiger partial charge in [-0.1, -0.05) is 40.4 Å². The second kappa shape index (κ2) is 8.95. The molecule has 1 atom stereocenters. The van der Waals surface area contributed by atoms with Crippen LogP contribution in [0.5, 0.6) is 0 Å². The van der Waals surface area contributed by atoms with Crippen molar-refractivity contribution in [3.05, 3.63) is 70.3 Å². The Morgan fingerprint density at radius 3 is 2.38 bits per heavy atom. The molecule has 2 rings (SSSR count). The first-order valence-electron chi connectivity index (χ1n) is 7.63. The lowest BCUT2D eigenvalue weighted by Gasteiger charge is -2.11. The van der Waals surface area contributed by atoms with Gasteiger partial charge < -0.3 is 5.32 Å². The van der Waals surface area contributed by atoms with E-state index in [1.807, 2.05) is 0 Å². The van der Waals surface area contributed by atoms with Gasteiger partial charge in [-0.3, -0.25) is 9.59 Å². The highest BCUT2D eigenvalue weighted by Crippen LogP contribution is 2.30. The summed E-state index contributed by atoms with van der Waals surface area (Å²) < 4.78 is 38.2. The molecule has 0 bridgehead atoms. The van der Waals surface area contributed by atoms with Crippen LogP contribution in [0.4, 0.5) is 13.2 Å². The highest BCUT2D eigenvalue weighted by molar-refractivity contribution is 14.2. The summed E-state index contributed by atoms with van der Waals surface area (Å²) >= 11 is 2.23. The van der Waals surface area contributed by atoms with Gasteiger partial charge in [0.2, 0.25) is 0 Å². The Hall–Kier alpha value is -1.47. The standard InChI is InChI=1S/C18H16F3INO2P/c1-11(24)14-5-13(10-26-22)6-15(8-14)17(25)23-9-12-3-2-4-16(7-12)18(19,20)21/h2-8,26H,9-10H2,1H3,(H,23,25). The number of carbonyl (C=O) groups is 2. The quantitative estimate of drug-likeness (QED) is 0.335. The molecule has 8 heteroatoms. The maximum atomic E-state index is 12.7. The van der Waals surface area contributed by atoms with Crippen LogP contribution >= 0.6 is 28.3 Å². The summed E-state index contributed by atoms with van der Waals surface area (Å²) in [6.45, 7) is 1.40. The van der Waals surface area contributed by atoms with E-state index in [0.717, 1.165) is 23.9 Å². The van der Waals surface area contributed by atoms with E-state index in [1.165, 1.54) is 25.1 Å². The third-order valence-electron chi connectivity index (χ3n) is 3.64. The summed E-state index contributed by atoms with van der Waals surface area (Å²) in [5.41, 5.74) is 1.25. The van der Waals surface area contributed by atoms with Crippen LogP contribution in [-0.2, 0) is 18.9 Å². The van der Waals surface area contributed by atoms with Gasteiger partial charge in [-0.25, -0.2) is 0 Å². The molecule has 2 aromatic carbocycles. The van der Waals surface area contributed by atoms with Crippen LogP contribution in [-0.4, -0.2) is 11.7 Å². The first-order chi connectivity index (χ1) is 12.2. The number of amides is 1. The van der Waals surface area contributed by atoms with Crippen LogP contribution < -0.4 is 5.32 Å². The van der Waals surface area contributed by atoms with Gasteiger partial charge in [0.15, 0.2) is 5.78 Å². The molecule has 138 valence electrons. The van der Waals surface area contributed by atoms with Gasteiger partial charge in [0, 0.05) is 17.7 Å². The summed E-state index contributed by atoms with van der Waals surface area (Å²) in [5.74, 6) is -0.570. The highest BCUT2D eigenvalue weighted by Gasteiger charge is 2.30. The van der Waals surface area contributed by atoms with Gasteiger partial charge in [-0.05, 0) is 54.5 Å². The molecule has 0 fully saturated rings. The number of alkyl halides is 3. The average molecular weight is 493 g/mol. The fraction of sp³-hybridized carbons (Fsp3) is 0.222. The lowest BCUT2D eigenvalue weighted by atomic mass is 10.0. The van der Waals surface area contributed by atoms with Crippen LogP contribution in [0.2, 0.25) is 0 Å². The largest absolute Gasteiger partial charge is 0.416 e. The molecule has 0 radical (unpaired) electrons. The molecular formula is C18H16F3INO2P. The zero-order valence-corrected chi connectivity index (χ0v) is 16.9. The van der Waals surface area contributed by atoms with Crippen molar-refractivity contribution in [2.75, 3.05) is 0 Å². The molecule has 2 aromatic rings. The number of ketones is 1. The number of hydrogen-bond acceptors (Lipinski definition) is 2. The Kier molecular flexibility index (Phi) is 7.17. The van der Waals surface area contributed by atoms with Crippen molar-refractivity contribution in [1.29, 1.82) is 0 Å². The van der Waals surface area contributed by atoms with E-state index in [1.54, 1.807) is 12.1 Å². The first kappa shape index (κ1) is 20.8. The Labute approximate surface area is 164 Å². The Morgan fingerprint density at radius 1 is 1.08 bits per heavy atom. The molecule has 1 N–H and O–H groups in total. The van der Waals surface area contributed by atoms with Crippen LogP contribution in [0.3, 0.4) is 0 Å². The molecule has 0 aliphatic heterocycles. The van der Waals surface area contributed by atoms with Crippen molar-refractivity contribution < 1.29 is 22.8 Å². The van der Waals surface area contributed by atoms with Crippen LogP contribution in [0.15, 0.2) is 42.5 Å². The van der Waals surface area contributed by atoms with Gasteiger partial charge in [-0.15, -0.1) is 0 Å². The van der Waals surface area contributed by atoms with Gasteiger partial charge >= 0.3 is 6.18 Å². The van der Waals surface area contributed by atoms with Crippen LogP contribution in [0, 0.1) is 0 Å². The first-order valence-corrected chi connectivity index (χ1v) is 12.0. The summed E-state index contributed by atoms with van der Waals surface area (Å²) in [6, 6.07) is 9.79. The number of benzene rings is 2. The third-order valence-corrected chi connectivity index (χ3v) is 5.33. The molecule has 0 aliphatic carbocycles. The van der Waals surface area contributed by atoms with Crippen molar-refractivity contribution in [3.8, 4) is 0 Å². The van der Waals surface area contributed by atoms with Crippen LogP contribution in [0.25, 0.3) is 0 Å². The van der Waals surface area contributed by atoms with E-state index in [0.29, 0.717) is 22.9 Å². The SMILES string of the molecule is CC(=O)c1cc(CPI)cc(C(=O)NCc2cccc(C(F)(F)F)c2)c1. The molecule has 1 amide bonds. The zero-order chi connectivity index (χ0) is 19.3. The number of nitrogens with one attached hydrogen (secondary N) is 1. The van der Waals surface area contributed by atoms with Crippen LogP contribution in [0.1, 0.15) is 44.3 Å². The fourth-order valence-corrected chi connectivity index (χ4v) is 4.03. The second-order valence-corrected chi connectivity index (χ2v) is 8.58. The Morgan fingerprint density at radius 2 is 1.77 bits per heavy atom. The monoisotopic (exact) mass is 493 g/mol. The van der Waals surface area contributed by atoms with Crippen molar-refractivity contribution in [3.63, 3.8) is 0 Å². The molecule has 0 saturated heterocycles. The number of carbonyl (C=O) groups excluding carboxylic acids is 2. The van der Waals surface area contributed by atoms with Gasteiger partial charge in [0.25, 0.3) is 5.91 Å².